The smallest absolute Gasteiger partial charge is 0.256 e. The van der Waals surface area contributed by atoms with Crippen LogP contribution in [0.2, 0.25) is 0 Å². The summed E-state index contributed by atoms with van der Waals surface area (Å²) in [5.41, 5.74) is 3.31. The SMILES string of the molecule is Cc1ccc(-n2nccn2)c(C(=O)N2CCC(F)(F)CC2CNc2nc(C)cc(C)n2)c1. The van der Waals surface area contributed by atoms with Gasteiger partial charge in [-0.2, -0.15) is 15.0 Å². The van der Waals surface area contributed by atoms with Gasteiger partial charge in [0.1, 0.15) is 0 Å². The number of carbonyl (C=O) groups is 1. The summed E-state index contributed by atoms with van der Waals surface area (Å²) in [5, 5.41) is 11.3. The Kier molecular flexibility index (Phi) is 5.86. The summed E-state index contributed by atoms with van der Waals surface area (Å²) in [7, 11) is 0. The monoisotopic (exact) mass is 441 g/mol. The highest BCUT2D eigenvalue weighted by atomic mass is 19.3. The number of nitrogens with one attached hydrogen (secondary N) is 1. The minimum Gasteiger partial charge on any atom is -0.352 e. The molecule has 0 spiro atoms. The van der Waals surface area contributed by atoms with Crippen molar-refractivity contribution in [3.63, 3.8) is 0 Å². The Balaban J connectivity index is 1.62. The third-order valence-electron chi connectivity index (χ3n) is 5.45. The second-order valence-corrected chi connectivity index (χ2v) is 8.16. The molecule has 8 nitrogen and oxygen atoms in total. The number of aromatic nitrogens is 5. The highest BCUT2D eigenvalue weighted by Crippen LogP contribution is 2.33. The van der Waals surface area contributed by atoms with Crippen molar-refractivity contribution in [2.75, 3.05) is 18.4 Å². The van der Waals surface area contributed by atoms with Crippen molar-refractivity contribution in [2.45, 2.75) is 45.6 Å². The lowest BCUT2D eigenvalue weighted by molar-refractivity contribution is -0.0674. The molecule has 0 radical (unpaired) electrons. The Morgan fingerprint density at radius 3 is 2.50 bits per heavy atom. The number of anilines is 1. The molecule has 1 aromatic carbocycles. The number of carbonyl (C=O) groups excluding carboxylic acids is 1. The fourth-order valence-electron chi connectivity index (χ4n) is 3.98. The molecular weight excluding hydrogens is 416 g/mol. The van der Waals surface area contributed by atoms with Gasteiger partial charge in [0.15, 0.2) is 0 Å². The number of aryl methyl sites for hydroxylation is 3. The molecule has 168 valence electrons. The molecule has 1 fully saturated rings. The van der Waals surface area contributed by atoms with E-state index in [0.717, 1.165) is 17.0 Å². The number of nitrogens with zero attached hydrogens (tertiary/aromatic N) is 6. The van der Waals surface area contributed by atoms with Gasteiger partial charge in [0.05, 0.1) is 29.7 Å². The van der Waals surface area contributed by atoms with E-state index < -0.39 is 18.4 Å². The Hall–Kier alpha value is -3.43. The molecule has 0 aliphatic carbocycles. The number of hydrogen-bond donors (Lipinski definition) is 1. The number of benzene rings is 1. The average Bonchev–Trinajstić information content (AvgIpc) is 3.25. The first-order valence-corrected chi connectivity index (χ1v) is 10.4. The van der Waals surface area contributed by atoms with E-state index in [-0.39, 0.29) is 25.4 Å². The molecule has 10 heteroatoms. The van der Waals surface area contributed by atoms with Gasteiger partial charge in [-0.1, -0.05) is 11.6 Å². The minimum atomic E-state index is -2.84. The van der Waals surface area contributed by atoms with Crippen LogP contribution in [0.15, 0.2) is 36.7 Å². The lowest BCUT2D eigenvalue weighted by Gasteiger charge is -2.39. The standard InChI is InChI=1S/C22H25F2N7O/c1-14-4-5-19(31-26-7-8-27-31)18(10-14)20(32)30-9-6-22(23,24)12-17(30)13-25-21-28-15(2)11-16(3)29-21/h4-5,7-8,10-11,17H,6,9,12-13H2,1-3H3,(H,25,28,29). The van der Waals surface area contributed by atoms with Gasteiger partial charge in [0.2, 0.25) is 5.95 Å². The van der Waals surface area contributed by atoms with Crippen LogP contribution in [0.3, 0.4) is 0 Å². The summed E-state index contributed by atoms with van der Waals surface area (Å²) in [6, 6.07) is 6.46. The second-order valence-electron chi connectivity index (χ2n) is 8.16. The van der Waals surface area contributed by atoms with Crippen LogP contribution in [0.5, 0.6) is 0 Å². The van der Waals surface area contributed by atoms with Crippen molar-refractivity contribution in [3.05, 3.63) is 59.2 Å². The first-order chi connectivity index (χ1) is 15.2. The van der Waals surface area contributed by atoms with Crippen molar-refractivity contribution >= 4 is 11.9 Å². The molecule has 1 atom stereocenters. The molecule has 3 aromatic rings. The Bertz CT molecular complexity index is 1100. The van der Waals surface area contributed by atoms with Crippen LogP contribution < -0.4 is 5.32 Å². The summed E-state index contributed by atoms with van der Waals surface area (Å²) < 4.78 is 28.6. The predicted molar refractivity (Wildman–Crippen MR) is 115 cm³/mol. The van der Waals surface area contributed by atoms with Crippen molar-refractivity contribution in [3.8, 4) is 5.69 Å². The number of amides is 1. The number of alkyl halides is 2. The van der Waals surface area contributed by atoms with Crippen LogP contribution in [-0.2, 0) is 0 Å². The molecule has 32 heavy (non-hydrogen) atoms. The summed E-state index contributed by atoms with van der Waals surface area (Å²) in [6.07, 6.45) is 2.23. The number of piperidine rings is 1. The van der Waals surface area contributed by atoms with Crippen LogP contribution in [-0.4, -0.2) is 60.8 Å². The Morgan fingerprint density at radius 2 is 1.81 bits per heavy atom. The van der Waals surface area contributed by atoms with E-state index in [2.05, 4.69) is 25.5 Å². The molecule has 1 aliphatic heterocycles. The largest absolute Gasteiger partial charge is 0.352 e. The molecule has 2 aromatic heterocycles. The molecule has 3 heterocycles. The van der Waals surface area contributed by atoms with Gasteiger partial charge < -0.3 is 10.2 Å². The maximum Gasteiger partial charge on any atom is 0.256 e. The lowest BCUT2D eigenvalue weighted by atomic mass is 9.96. The number of hydrogen-bond acceptors (Lipinski definition) is 6. The third-order valence-corrected chi connectivity index (χ3v) is 5.45. The van der Waals surface area contributed by atoms with E-state index in [4.69, 9.17) is 0 Å². The molecule has 1 N–H and O–H groups in total. The topological polar surface area (TPSA) is 88.8 Å². The first-order valence-electron chi connectivity index (χ1n) is 10.4. The molecule has 1 amide bonds. The number of likely N-dealkylation sites (tertiary alicyclic amines) is 1. The van der Waals surface area contributed by atoms with Crippen molar-refractivity contribution < 1.29 is 13.6 Å². The maximum absolute atomic E-state index is 14.3. The number of rotatable bonds is 5. The van der Waals surface area contributed by atoms with Gasteiger partial charge in [0.25, 0.3) is 11.8 Å². The lowest BCUT2D eigenvalue weighted by Crippen LogP contribution is -2.52. The average molecular weight is 441 g/mol. The van der Waals surface area contributed by atoms with Gasteiger partial charge >= 0.3 is 0 Å². The van der Waals surface area contributed by atoms with Crippen LogP contribution in [0.25, 0.3) is 5.69 Å². The van der Waals surface area contributed by atoms with Crippen LogP contribution in [0, 0.1) is 20.8 Å². The van der Waals surface area contributed by atoms with E-state index in [1.54, 1.807) is 12.1 Å². The van der Waals surface area contributed by atoms with E-state index in [1.165, 1.54) is 22.1 Å². The van der Waals surface area contributed by atoms with Crippen LogP contribution >= 0.6 is 0 Å². The Morgan fingerprint density at radius 1 is 1.12 bits per heavy atom. The molecule has 1 unspecified atom stereocenters. The molecular formula is C22H25F2N7O. The van der Waals surface area contributed by atoms with Gasteiger partial charge in [-0.3, -0.25) is 4.79 Å². The molecule has 4 rings (SSSR count). The van der Waals surface area contributed by atoms with Gasteiger partial charge in [-0.15, -0.1) is 0 Å². The van der Waals surface area contributed by atoms with Crippen LogP contribution in [0.4, 0.5) is 14.7 Å². The quantitative estimate of drug-likeness (QED) is 0.653. The third kappa shape index (κ3) is 4.74. The fourth-order valence-corrected chi connectivity index (χ4v) is 3.98. The van der Waals surface area contributed by atoms with Crippen molar-refractivity contribution in [1.29, 1.82) is 0 Å². The zero-order valence-corrected chi connectivity index (χ0v) is 18.2. The van der Waals surface area contributed by atoms with E-state index in [1.807, 2.05) is 32.9 Å². The van der Waals surface area contributed by atoms with E-state index >= 15 is 0 Å². The molecule has 1 aliphatic rings. The minimum absolute atomic E-state index is 0.0498. The van der Waals surface area contributed by atoms with Crippen molar-refractivity contribution in [1.82, 2.24) is 29.9 Å². The molecule has 0 saturated carbocycles. The normalized spacial score (nSPS) is 17.9. The fraction of sp³-hybridized carbons (Fsp3) is 0.409. The molecule has 1 saturated heterocycles. The summed E-state index contributed by atoms with van der Waals surface area (Å²) in [4.78, 5) is 25.1. The van der Waals surface area contributed by atoms with Gasteiger partial charge in [-0.05, 0) is 39.0 Å². The Labute approximate surface area is 184 Å². The predicted octanol–water partition coefficient (Wildman–Crippen LogP) is 3.33. The van der Waals surface area contributed by atoms with Gasteiger partial charge in [-0.25, -0.2) is 18.7 Å². The zero-order valence-electron chi connectivity index (χ0n) is 18.2. The van der Waals surface area contributed by atoms with E-state index in [0.29, 0.717) is 17.2 Å². The van der Waals surface area contributed by atoms with Crippen LogP contribution in [0.1, 0.15) is 40.2 Å². The highest BCUT2D eigenvalue weighted by molar-refractivity contribution is 5.98. The summed E-state index contributed by atoms with van der Waals surface area (Å²) in [5.74, 6) is -2.81. The summed E-state index contributed by atoms with van der Waals surface area (Å²) in [6.45, 7) is 5.62. The second kappa shape index (κ2) is 8.60. The zero-order chi connectivity index (χ0) is 22.9. The number of halogens is 2. The van der Waals surface area contributed by atoms with E-state index in [9.17, 15) is 13.6 Å². The highest BCUT2D eigenvalue weighted by Gasteiger charge is 2.42. The summed E-state index contributed by atoms with van der Waals surface area (Å²) >= 11 is 0. The molecule has 0 bridgehead atoms. The maximum atomic E-state index is 14.3. The van der Waals surface area contributed by atoms with Crippen molar-refractivity contribution in [2.24, 2.45) is 0 Å². The first kappa shape index (κ1) is 21.8. The van der Waals surface area contributed by atoms with Gasteiger partial charge in [0, 0.05) is 37.3 Å².